The molecule has 1 aromatic rings. The first-order chi connectivity index (χ1) is 8.02. The average molecular weight is 236 g/mol. The topological polar surface area (TPSA) is 113 Å². The number of aryl methyl sites for hydroxylation is 1. The molecule has 1 aromatic heterocycles. The van der Waals surface area contributed by atoms with Crippen molar-refractivity contribution in [2.75, 3.05) is 0 Å². The van der Waals surface area contributed by atoms with Gasteiger partial charge in [-0.05, 0) is 31.2 Å². The first-order valence-electron chi connectivity index (χ1n) is 5.33. The van der Waals surface area contributed by atoms with Crippen molar-refractivity contribution >= 4 is 11.9 Å². The van der Waals surface area contributed by atoms with Gasteiger partial charge in [0.25, 0.3) is 11.5 Å². The number of fused-ring (bicyclic) bond motifs is 1. The lowest BCUT2D eigenvalue weighted by atomic mass is 9.90. The zero-order valence-corrected chi connectivity index (χ0v) is 9.08. The summed E-state index contributed by atoms with van der Waals surface area (Å²) < 4.78 is 0. The van der Waals surface area contributed by atoms with E-state index in [0.29, 0.717) is 24.1 Å². The van der Waals surface area contributed by atoms with Gasteiger partial charge in [0.1, 0.15) is 5.56 Å². The highest BCUT2D eigenvalue weighted by Gasteiger charge is 2.26. The summed E-state index contributed by atoms with van der Waals surface area (Å²) in [5, 5.41) is 9.13. The van der Waals surface area contributed by atoms with Gasteiger partial charge < -0.3 is 15.8 Å². The highest BCUT2D eigenvalue weighted by molar-refractivity contribution is 6.04. The summed E-state index contributed by atoms with van der Waals surface area (Å²) in [6.45, 7) is 0. The first kappa shape index (κ1) is 11.4. The van der Waals surface area contributed by atoms with Crippen molar-refractivity contribution in [2.24, 2.45) is 5.73 Å². The lowest BCUT2D eigenvalue weighted by Gasteiger charge is -2.18. The number of nitrogens with two attached hydrogens (primary N) is 1. The number of hydrogen-bond acceptors (Lipinski definition) is 3. The molecule has 0 spiro atoms. The van der Waals surface area contributed by atoms with Gasteiger partial charge in [-0.1, -0.05) is 0 Å². The number of amides is 1. The summed E-state index contributed by atoms with van der Waals surface area (Å²) in [4.78, 5) is 36.6. The molecule has 17 heavy (non-hydrogen) atoms. The third-order valence-electron chi connectivity index (χ3n) is 2.97. The van der Waals surface area contributed by atoms with E-state index in [4.69, 9.17) is 10.8 Å². The lowest BCUT2D eigenvalue weighted by molar-refractivity contribution is 0.0690. The zero-order valence-electron chi connectivity index (χ0n) is 9.08. The van der Waals surface area contributed by atoms with Crippen LogP contribution in [0.15, 0.2) is 4.79 Å². The molecule has 6 nitrogen and oxygen atoms in total. The number of aromatic carboxylic acids is 1. The predicted octanol–water partition coefficient (Wildman–Crippen LogP) is 0.0508. The third kappa shape index (κ3) is 1.82. The molecule has 0 fully saturated rings. The number of aromatic nitrogens is 1. The van der Waals surface area contributed by atoms with E-state index in [1.54, 1.807) is 0 Å². The Kier molecular flexibility index (Phi) is 2.71. The van der Waals surface area contributed by atoms with E-state index >= 15 is 0 Å². The molecule has 6 heteroatoms. The van der Waals surface area contributed by atoms with E-state index in [-0.39, 0.29) is 5.56 Å². The number of aromatic amines is 1. The van der Waals surface area contributed by atoms with Crippen LogP contribution in [-0.4, -0.2) is 22.0 Å². The molecule has 0 saturated carbocycles. The van der Waals surface area contributed by atoms with Crippen LogP contribution in [0.25, 0.3) is 0 Å². The first-order valence-corrected chi connectivity index (χ1v) is 5.33. The molecule has 0 bridgehead atoms. The number of primary amides is 1. The van der Waals surface area contributed by atoms with Crippen LogP contribution in [0.2, 0.25) is 0 Å². The number of carbonyl (C=O) groups is 2. The fourth-order valence-electron chi connectivity index (χ4n) is 2.25. The molecule has 1 aliphatic carbocycles. The summed E-state index contributed by atoms with van der Waals surface area (Å²) in [5.41, 5.74) is 4.83. The van der Waals surface area contributed by atoms with Gasteiger partial charge in [0, 0.05) is 5.69 Å². The van der Waals surface area contributed by atoms with Gasteiger partial charge in [0.05, 0.1) is 5.56 Å². The molecule has 0 saturated heterocycles. The van der Waals surface area contributed by atoms with E-state index < -0.39 is 23.0 Å². The summed E-state index contributed by atoms with van der Waals surface area (Å²) >= 11 is 0. The average Bonchev–Trinajstić information content (AvgIpc) is 2.26. The van der Waals surface area contributed by atoms with E-state index in [1.807, 2.05) is 0 Å². The number of carboxylic acid groups (broad SMARTS) is 1. The minimum absolute atomic E-state index is 0.226. The van der Waals surface area contributed by atoms with E-state index in [0.717, 1.165) is 12.8 Å². The molecule has 1 amide bonds. The highest BCUT2D eigenvalue weighted by Crippen LogP contribution is 2.23. The van der Waals surface area contributed by atoms with Crippen LogP contribution < -0.4 is 11.3 Å². The standard InChI is InChI=1S/C11H12N2O4/c12-9(14)8-7(11(16)17)5-3-1-2-4-6(5)13-10(8)15/h1-4H2,(H2,12,14)(H,13,15)(H,16,17). The number of rotatable bonds is 2. The second kappa shape index (κ2) is 4.04. The Bertz CT molecular complexity index is 559. The summed E-state index contributed by atoms with van der Waals surface area (Å²) in [6, 6.07) is 0. The Morgan fingerprint density at radius 1 is 1.18 bits per heavy atom. The van der Waals surface area contributed by atoms with Crippen molar-refractivity contribution in [1.82, 2.24) is 4.98 Å². The van der Waals surface area contributed by atoms with Crippen molar-refractivity contribution in [2.45, 2.75) is 25.7 Å². The monoisotopic (exact) mass is 236 g/mol. The van der Waals surface area contributed by atoms with Crippen molar-refractivity contribution in [3.8, 4) is 0 Å². The molecule has 1 heterocycles. The van der Waals surface area contributed by atoms with Crippen LogP contribution in [-0.2, 0) is 12.8 Å². The normalized spacial score (nSPS) is 14.1. The number of nitrogens with one attached hydrogen (secondary N) is 1. The van der Waals surface area contributed by atoms with E-state index in [9.17, 15) is 14.4 Å². The number of hydrogen-bond donors (Lipinski definition) is 3. The van der Waals surface area contributed by atoms with Gasteiger partial charge in [0.2, 0.25) is 0 Å². The molecule has 4 N–H and O–H groups in total. The maximum atomic E-state index is 11.6. The molecule has 90 valence electrons. The quantitative estimate of drug-likeness (QED) is 0.673. The minimum atomic E-state index is -1.27. The predicted molar refractivity (Wildman–Crippen MR) is 59.2 cm³/mol. The summed E-state index contributed by atoms with van der Waals surface area (Å²) in [7, 11) is 0. The maximum absolute atomic E-state index is 11.6. The van der Waals surface area contributed by atoms with Gasteiger partial charge in [0.15, 0.2) is 0 Å². The van der Waals surface area contributed by atoms with Gasteiger partial charge in [-0.2, -0.15) is 0 Å². The van der Waals surface area contributed by atoms with Gasteiger partial charge in [-0.25, -0.2) is 4.79 Å². The molecule has 0 aromatic carbocycles. The fourth-order valence-corrected chi connectivity index (χ4v) is 2.25. The second-order valence-corrected chi connectivity index (χ2v) is 4.04. The Morgan fingerprint density at radius 3 is 2.41 bits per heavy atom. The maximum Gasteiger partial charge on any atom is 0.337 e. The molecule has 1 aliphatic rings. The number of carbonyl (C=O) groups excluding carboxylic acids is 1. The number of pyridine rings is 1. The molecular formula is C11H12N2O4. The Morgan fingerprint density at radius 2 is 1.82 bits per heavy atom. The number of carboxylic acids is 1. The number of H-pyrrole nitrogens is 1. The van der Waals surface area contributed by atoms with Crippen molar-refractivity contribution in [3.05, 3.63) is 32.7 Å². The fraction of sp³-hybridized carbons (Fsp3) is 0.364. The zero-order chi connectivity index (χ0) is 12.6. The van der Waals surface area contributed by atoms with Crippen LogP contribution >= 0.6 is 0 Å². The van der Waals surface area contributed by atoms with Crippen molar-refractivity contribution < 1.29 is 14.7 Å². The lowest BCUT2D eigenvalue weighted by Crippen LogP contribution is -2.31. The largest absolute Gasteiger partial charge is 0.478 e. The van der Waals surface area contributed by atoms with Gasteiger partial charge in [-0.3, -0.25) is 9.59 Å². The molecule has 0 radical (unpaired) electrons. The van der Waals surface area contributed by atoms with Crippen LogP contribution in [0.3, 0.4) is 0 Å². The molecule has 0 unspecified atom stereocenters. The Balaban J connectivity index is 2.81. The highest BCUT2D eigenvalue weighted by atomic mass is 16.4. The summed E-state index contributed by atoms with van der Waals surface area (Å²) in [5.74, 6) is -2.28. The smallest absolute Gasteiger partial charge is 0.337 e. The Hall–Kier alpha value is -2.11. The minimum Gasteiger partial charge on any atom is -0.478 e. The SMILES string of the molecule is NC(=O)c1c(C(=O)O)c2c([nH]c1=O)CCCC2. The second-order valence-electron chi connectivity index (χ2n) is 4.04. The van der Waals surface area contributed by atoms with E-state index in [1.165, 1.54) is 0 Å². The Labute approximate surface area is 96.5 Å². The van der Waals surface area contributed by atoms with Crippen LogP contribution in [0.5, 0.6) is 0 Å². The van der Waals surface area contributed by atoms with Crippen LogP contribution in [0, 0.1) is 0 Å². The van der Waals surface area contributed by atoms with Gasteiger partial charge in [-0.15, -0.1) is 0 Å². The van der Waals surface area contributed by atoms with Crippen LogP contribution in [0.1, 0.15) is 44.8 Å². The molecule has 0 atom stereocenters. The van der Waals surface area contributed by atoms with Crippen LogP contribution in [0.4, 0.5) is 0 Å². The van der Waals surface area contributed by atoms with Crippen molar-refractivity contribution in [1.29, 1.82) is 0 Å². The van der Waals surface area contributed by atoms with Gasteiger partial charge >= 0.3 is 5.97 Å². The third-order valence-corrected chi connectivity index (χ3v) is 2.97. The van der Waals surface area contributed by atoms with Crippen molar-refractivity contribution in [3.63, 3.8) is 0 Å². The molecule has 2 rings (SSSR count). The summed E-state index contributed by atoms with van der Waals surface area (Å²) in [6.07, 6.45) is 2.92. The molecule has 0 aliphatic heterocycles. The van der Waals surface area contributed by atoms with E-state index in [2.05, 4.69) is 4.98 Å². The molecular weight excluding hydrogens is 224 g/mol.